The second kappa shape index (κ2) is 6.55. The molecule has 2 N–H and O–H groups in total. The van der Waals surface area contributed by atoms with Crippen molar-refractivity contribution < 1.29 is 9.50 Å². The molecule has 0 radical (unpaired) electrons. The minimum atomic E-state index is -0.376. The van der Waals surface area contributed by atoms with Crippen LogP contribution in [0.25, 0.3) is 0 Å². The van der Waals surface area contributed by atoms with Gasteiger partial charge < -0.3 is 10.4 Å². The van der Waals surface area contributed by atoms with Gasteiger partial charge in [-0.15, -0.1) is 0 Å². The van der Waals surface area contributed by atoms with Gasteiger partial charge in [0.25, 0.3) is 0 Å². The van der Waals surface area contributed by atoms with E-state index in [1.165, 1.54) is 12.1 Å². The lowest BCUT2D eigenvalue weighted by molar-refractivity contribution is 0.159. The third-order valence-electron chi connectivity index (χ3n) is 3.60. The number of nitrogens with zero attached hydrogens (tertiary/aromatic N) is 1. The van der Waals surface area contributed by atoms with Gasteiger partial charge >= 0.3 is 0 Å². The predicted octanol–water partition coefficient (Wildman–Crippen LogP) is 2.93. The summed E-state index contributed by atoms with van der Waals surface area (Å²) in [7, 11) is 0. The largest absolute Gasteiger partial charge is 0.506 e. The zero-order chi connectivity index (χ0) is 13.8. The second-order valence-corrected chi connectivity index (χ2v) is 5.29. The number of phenolic OH excluding ortho intramolecular Hbond substituents is 1. The van der Waals surface area contributed by atoms with Crippen LogP contribution in [0.5, 0.6) is 5.75 Å². The van der Waals surface area contributed by atoms with Crippen molar-refractivity contribution in [3.05, 3.63) is 28.5 Å². The molecule has 0 spiro atoms. The molecule has 1 atom stereocenters. The Bertz CT molecular complexity index is 436. The van der Waals surface area contributed by atoms with Crippen molar-refractivity contribution in [3.63, 3.8) is 0 Å². The molecular formula is C14H20ClFN2O. The normalized spacial score (nSPS) is 18.5. The van der Waals surface area contributed by atoms with Crippen molar-refractivity contribution in [2.45, 2.75) is 25.8 Å². The summed E-state index contributed by atoms with van der Waals surface area (Å²) in [4.78, 5) is 2.22. The highest BCUT2D eigenvalue weighted by Gasteiger charge is 2.27. The molecule has 1 aromatic carbocycles. The lowest BCUT2D eigenvalue weighted by Crippen LogP contribution is -2.45. The number of rotatable bonds is 4. The number of phenols is 1. The van der Waals surface area contributed by atoms with Crippen LogP contribution in [0.4, 0.5) is 4.39 Å². The Morgan fingerprint density at radius 2 is 2.11 bits per heavy atom. The molecule has 0 saturated carbocycles. The summed E-state index contributed by atoms with van der Waals surface area (Å²) in [6.45, 7) is 5.56. The average molecular weight is 287 g/mol. The summed E-state index contributed by atoms with van der Waals surface area (Å²) >= 11 is 5.92. The molecule has 1 saturated heterocycles. The maximum atomic E-state index is 14.1. The van der Waals surface area contributed by atoms with Gasteiger partial charge in [-0.1, -0.05) is 24.9 Å². The van der Waals surface area contributed by atoms with Gasteiger partial charge in [-0.2, -0.15) is 0 Å². The number of hydrogen-bond acceptors (Lipinski definition) is 3. The molecule has 1 aromatic rings. The van der Waals surface area contributed by atoms with E-state index in [1.807, 2.05) is 0 Å². The number of nitrogens with one attached hydrogen (secondary N) is 1. The zero-order valence-electron chi connectivity index (χ0n) is 11.1. The molecule has 1 aliphatic heterocycles. The molecule has 0 aliphatic carbocycles. The SMILES string of the molecule is CCC[C@H](c1c(F)ccc(Cl)c1O)N1CCNCC1. The number of hydrogen-bond donors (Lipinski definition) is 2. The predicted molar refractivity (Wildman–Crippen MR) is 75.2 cm³/mol. The molecule has 0 unspecified atom stereocenters. The van der Waals surface area contributed by atoms with Crippen molar-refractivity contribution in [3.8, 4) is 5.75 Å². The summed E-state index contributed by atoms with van der Waals surface area (Å²) < 4.78 is 14.1. The Kier molecular flexibility index (Phi) is 5.02. The number of benzene rings is 1. The Morgan fingerprint density at radius 1 is 1.42 bits per heavy atom. The fourth-order valence-corrected chi connectivity index (χ4v) is 2.82. The van der Waals surface area contributed by atoms with Crippen molar-refractivity contribution in [1.82, 2.24) is 10.2 Å². The van der Waals surface area contributed by atoms with Crippen LogP contribution in [0.3, 0.4) is 0 Å². The van der Waals surface area contributed by atoms with Crippen LogP contribution in [0.15, 0.2) is 12.1 Å². The molecule has 0 amide bonds. The van der Waals surface area contributed by atoms with E-state index in [0.29, 0.717) is 5.56 Å². The average Bonchev–Trinajstić information content (AvgIpc) is 2.43. The van der Waals surface area contributed by atoms with Crippen molar-refractivity contribution in [1.29, 1.82) is 0 Å². The van der Waals surface area contributed by atoms with E-state index in [0.717, 1.165) is 39.0 Å². The highest BCUT2D eigenvalue weighted by molar-refractivity contribution is 6.32. The van der Waals surface area contributed by atoms with Crippen LogP contribution in [0.1, 0.15) is 31.4 Å². The Labute approximate surface area is 118 Å². The first-order valence-electron chi connectivity index (χ1n) is 6.76. The molecule has 0 bridgehead atoms. The molecule has 1 fully saturated rings. The first kappa shape index (κ1) is 14.6. The van der Waals surface area contributed by atoms with Crippen LogP contribution < -0.4 is 5.32 Å². The van der Waals surface area contributed by atoms with Crippen LogP contribution in [-0.4, -0.2) is 36.2 Å². The lowest BCUT2D eigenvalue weighted by Gasteiger charge is -2.35. The molecule has 106 valence electrons. The Balaban J connectivity index is 2.35. The van der Waals surface area contributed by atoms with Crippen LogP contribution >= 0.6 is 11.6 Å². The molecule has 3 nitrogen and oxygen atoms in total. The highest BCUT2D eigenvalue weighted by atomic mass is 35.5. The van der Waals surface area contributed by atoms with Gasteiger partial charge in [-0.3, -0.25) is 4.90 Å². The Morgan fingerprint density at radius 3 is 2.74 bits per heavy atom. The molecule has 0 aromatic heterocycles. The van der Waals surface area contributed by atoms with Gasteiger partial charge in [0.05, 0.1) is 5.02 Å². The summed E-state index contributed by atoms with van der Waals surface area (Å²) in [6, 6.07) is 2.63. The van der Waals surface area contributed by atoms with Crippen LogP contribution in [0, 0.1) is 5.82 Å². The standard InChI is InChI=1S/C14H20ClFN2O/c1-2-3-12(18-8-6-17-7-9-18)13-11(16)5-4-10(15)14(13)19/h4-5,12,17,19H,2-3,6-9H2,1H3/t12-/m1/s1. The van der Waals surface area contributed by atoms with E-state index in [1.54, 1.807) is 0 Å². The van der Waals surface area contributed by atoms with Crippen LogP contribution in [0.2, 0.25) is 5.02 Å². The molecule has 1 aliphatic rings. The smallest absolute Gasteiger partial charge is 0.141 e. The minimum Gasteiger partial charge on any atom is -0.506 e. The van der Waals surface area contributed by atoms with Crippen molar-refractivity contribution >= 4 is 11.6 Å². The van der Waals surface area contributed by atoms with E-state index in [4.69, 9.17) is 11.6 Å². The molecule has 2 rings (SSSR count). The van der Waals surface area contributed by atoms with Crippen molar-refractivity contribution in [2.24, 2.45) is 0 Å². The quantitative estimate of drug-likeness (QED) is 0.893. The van der Waals surface area contributed by atoms with E-state index >= 15 is 0 Å². The second-order valence-electron chi connectivity index (χ2n) is 4.88. The first-order chi connectivity index (χ1) is 9.15. The number of piperazine rings is 1. The zero-order valence-corrected chi connectivity index (χ0v) is 11.9. The summed E-state index contributed by atoms with van der Waals surface area (Å²) in [5.41, 5.74) is 0.344. The summed E-state index contributed by atoms with van der Waals surface area (Å²) in [5.74, 6) is -0.488. The van der Waals surface area contributed by atoms with Gasteiger partial charge in [-0.05, 0) is 18.6 Å². The highest BCUT2D eigenvalue weighted by Crippen LogP contribution is 2.38. The molecule has 1 heterocycles. The summed E-state index contributed by atoms with van der Waals surface area (Å²) in [5, 5.41) is 13.6. The van der Waals surface area contributed by atoms with Gasteiger partial charge in [-0.25, -0.2) is 4.39 Å². The molecular weight excluding hydrogens is 267 g/mol. The number of halogens is 2. The minimum absolute atomic E-state index is 0.106. The summed E-state index contributed by atoms with van der Waals surface area (Å²) in [6.07, 6.45) is 1.74. The maximum Gasteiger partial charge on any atom is 0.141 e. The lowest BCUT2D eigenvalue weighted by atomic mass is 9.98. The number of aromatic hydroxyl groups is 1. The third-order valence-corrected chi connectivity index (χ3v) is 3.91. The monoisotopic (exact) mass is 286 g/mol. The van der Waals surface area contributed by atoms with E-state index < -0.39 is 0 Å². The maximum absolute atomic E-state index is 14.1. The Hall–Kier alpha value is -0.840. The fraction of sp³-hybridized carbons (Fsp3) is 0.571. The van der Waals surface area contributed by atoms with Crippen molar-refractivity contribution in [2.75, 3.05) is 26.2 Å². The van der Waals surface area contributed by atoms with Gasteiger partial charge in [0.15, 0.2) is 0 Å². The first-order valence-corrected chi connectivity index (χ1v) is 7.14. The third kappa shape index (κ3) is 3.19. The van der Waals surface area contributed by atoms with Gasteiger partial charge in [0.1, 0.15) is 11.6 Å². The van der Waals surface area contributed by atoms with Gasteiger partial charge in [0.2, 0.25) is 0 Å². The van der Waals surface area contributed by atoms with Crippen LogP contribution in [-0.2, 0) is 0 Å². The van der Waals surface area contributed by atoms with E-state index in [9.17, 15) is 9.50 Å². The molecule has 5 heteroatoms. The van der Waals surface area contributed by atoms with Gasteiger partial charge in [0, 0.05) is 37.8 Å². The van der Waals surface area contributed by atoms with E-state index in [2.05, 4.69) is 17.1 Å². The fourth-order valence-electron chi connectivity index (χ4n) is 2.65. The van der Waals surface area contributed by atoms with E-state index in [-0.39, 0.29) is 22.6 Å². The topological polar surface area (TPSA) is 35.5 Å². The molecule has 19 heavy (non-hydrogen) atoms.